The van der Waals surface area contributed by atoms with Gasteiger partial charge in [-0.2, -0.15) is 5.10 Å². The highest BCUT2D eigenvalue weighted by Gasteiger charge is 2.25. The normalized spacial score (nSPS) is 16.2. The Morgan fingerprint density at radius 3 is 2.79 bits per heavy atom. The Balaban J connectivity index is 1.19. The summed E-state index contributed by atoms with van der Waals surface area (Å²) in [4.78, 5) is 12.7. The molecule has 0 spiro atoms. The van der Waals surface area contributed by atoms with Gasteiger partial charge >= 0.3 is 0 Å². The minimum atomic E-state index is -0.211. The van der Waals surface area contributed by atoms with Crippen molar-refractivity contribution in [3.63, 3.8) is 0 Å². The molecule has 5 rings (SSSR count). The first-order chi connectivity index (χ1) is 16.1. The molecule has 0 fully saturated rings. The molecule has 2 aliphatic heterocycles. The zero-order valence-corrected chi connectivity index (χ0v) is 18.5. The predicted octanol–water partition coefficient (Wildman–Crippen LogP) is 2.87. The third kappa shape index (κ3) is 4.31. The van der Waals surface area contributed by atoms with E-state index in [9.17, 15) is 4.79 Å². The fraction of sp³-hybridized carbons (Fsp3) is 0.333. The van der Waals surface area contributed by atoms with Crippen LogP contribution in [0.3, 0.4) is 0 Å². The molecule has 3 aromatic rings. The van der Waals surface area contributed by atoms with Crippen LogP contribution in [0.2, 0.25) is 0 Å². The lowest BCUT2D eigenvalue weighted by Gasteiger charge is -2.24. The van der Waals surface area contributed by atoms with Crippen molar-refractivity contribution < 1.29 is 28.5 Å². The van der Waals surface area contributed by atoms with Crippen LogP contribution in [0.15, 0.2) is 42.5 Å². The summed E-state index contributed by atoms with van der Waals surface area (Å²) in [5.74, 6) is 2.59. The van der Waals surface area contributed by atoms with Crippen molar-refractivity contribution >= 4 is 5.91 Å². The monoisotopic (exact) mass is 451 g/mol. The third-order valence-corrected chi connectivity index (χ3v) is 5.78. The van der Waals surface area contributed by atoms with E-state index in [0.29, 0.717) is 43.3 Å². The minimum Gasteiger partial charge on any atom is -0.493 e. The molecule has 0 saturated carbocycles. The van der Waals surface area contributed by atoms with E-state index in [2.05, 4.69) is 10.4 Å². The first-order valence-electron chi connectivity index (χ1n) is 10.7. The van der Waals surface area contributed by atoms with E-state index in [1.165, 1.54) is 0 Å². The maximum absolute atomic E-state index is 12.7. The van der Waals surface area contributed by atoms with Gasteiger partial charge in [0.2, 0.25) is 6.79 Å². The Hall–Kier alpha value is -3.72. The van der Waals surface area contributed by atoms with Gasteiger partial charge in [-0.1, -0.05) is 12.1 Å². The zero-order chi connectivity index (χ0) is 22.8. The van der Waals surface area contributed by atoms with Gasteiger partial charge in [-0.3, -0.25) is 9.48 Å². The Morgan fingerprint density at radius 2 is 1.94 bits per heavy atom. The molecule has 2 aliphatic rings. The van der Waals surface area contributed by atoms with E-state index in [-0.39, 0.29) is 18.8 Å². The van der Waals surface area contributed by atoms with Crippen molar-refractivity contribution in [1.29, 1.82) is 0 Å². The summed E-state index contributed by atoms with van der Waals surface area (Å²) in [6, 6.07) is 13.3. The summed E-state index contributed by atoms with van der Waals surface area (Å²) in [5, 5.41) is 7.44. The highest BCUT2D eigenvalue weighted by molar-refractivity contribution is 5.92. The summed E-state index contributed by atoms with van der Waals surface area (Å²) >= 11 is 0. The smallest absolute Gasteiger partial charge is 0.271 e. The molecule has 0 saturated heterocycles. The van der Waals surface area contributed by atoms with Gasteiger partial charge < -0.3 is 29.0 Å². The molecule has 0 unspecified atom stereocenters. The van der Waals surface area contributed by atoms with Crippen molar-refractivity contribution in [2.75, 3.05) is 27.6 Å². The van der Waals surface area contributed by atoms with Gasteiger partial charge in [0.05, 0.1) is 33.1 Å². The van der Waals surface area contributed by atoms with Gasteiger partial charge in [0.25, 0.3) is 5.91 Å². The zero-order valence-electron chi connectivity index (χ0n) is 18.5. The van der Waals surface area contributed by atoms with Crippen molar-refractivity contribution in [1.82, 2.24) is 15.1 Å². The van der Waals surface area contributed by atoms with E-state index in [0.717, 1.165) is 28.3 Å². The molecule has 9 nitrogen and oxygen atoms in total. The van der Waals surface area contributed by atoms with Crippen LogP contribution in [0.25, 0.3) is 0 Å². The third-order valence-electron chi connectivity index (χ3n) is 5.78. The second kappa shape index (κ2) is 9.03. The molecule has 1 aromatic heterocycles. The minimum absolute atomic E-state index is 0.173. The number of amides is 1. The molecule has 0 radical (unpaired) electrons. The molecule has 3 heterocycles. The van der Waals surface area contributed by atoms with E-state index in [1.807, 2.05) is 41.1 Å². The second-order valence-electron chi connectivity index (χ2n) is 7.81. The quantitative estimate of drug-likeness (QED) is 0.590. The topological polar surface area (TPSA) is 93.1 Å². The molecule has 172 valence electrons. The van der Waals surface area contributed by atoms with Gasteiger partial charge in [0, 0.05) is 6.54 Å². The van der Waals surface area contributed by atoms with E-state index >= 15 is 0 Å². The highest BCUT2D eigenvalue weighted by Crippen LogP contribution is 2.36. The van der Waals surface area contributed by atoms with E-state index < -0.39 is 0 Å². The lowest BCUT2D eigenvalue weighted by atomic mass is 10.1. The van der Waals surface area contributed by atoms with Crippen LogP contribution in [0.4, 0.5) is 0 Å². The van der Waals surface area contributed by atoms with Crippen LogP contribution < -0.4 is 24.3 Å². The number of carbonyl (C=O) groups is 1. The van der Waals surface area contributed by atoms with Gasteiger partial charge in [-0.25, -0.2) is 0 Å². The second-order valence-corrected chi connectivity index (χ2v) is 7.81. The predicted molar refractivity (Wildman–Crippen MR) is 118 cm³/mol. The SMILES string of the molecule is COc1ccc(CCNC(=O)c2cc3n(n2)C[C@@H](c2ccc4c(c2)OCO4)OC3)cc1OC. The number of benzene rings is 2. The summed E-state index contributed by atoms with van der Waals surface area (Å²) in [7, 11) is 3.20. The van der Waals surface area contributed by atoms with Crippen molar-refractivity contribution in [3.8, 4) is 23.0 Å². The molecule has 0 aliphatic carbocycles. The Labute approximate surface area is 191 Å². The first-order valence-corrected chi connectivity index (χ1v) is 10.7. The lowest BCUT2D eigenvalue weighted by molar-refractivity contribution is -0.00128. The number of rotatable bonds is 7. The van der Waals surface area contributed by atoms with Crippen LogP contribution >= 0.6 is 0 Å². The number of fused-ring (bicyclic) bond motifs is 2. The molecule has 9 heteroatoms. The number of hydrogen-bond acceptors (Lipinski definition) is 7. The van der Waals surface area contributed by atoms with Gasteiger partial charge in [0.1, 0.15) is 6.10 Å². The van der Waals surface area contributed by atoms with Gasteiger partial charge in [-0.05, 0) is 47.9 Å². The number of methoxy groups -OCH3 is 2. The standard InChI is InChI=1S/C24H25N3O6/c1-29-19-5-3-15(9-21(19)30-2)7-8-25-24(28)18-11-17-13-31-23(12-27(17)26-18)16-4-6-20-22(10-16)33-14-32-20/h3-6,9-11,23H,7-8,12-14H2,1-2H3,(H,25,28)/t23-/m0/s1. The number of aromatic nitrogens is 2. The van der Waals surface area contributed by atoms with Gasteiger partial charge in [0.15, 0.2) is 28.7 Å². The maximum atomic E-state index is 12.7. The molecular weight excluding hydrogens is 426 g/mol. The molecule has 1 N–H and O–H groups in total. The summed E-state index contributed by atoms with van der Waals surface area (Å²) in [6.07, 6.45) is 0.488. The van der Waals surface area contributed by atoms with Crippen molar-refractivity contribution in [3.05, 3.63) is 65.0 Å². The van der Waals surface area contributed by atoms with E-state index in [4.69, 9.17) is 23.7 Å². The van der Waals surface area contributed by atoms with Crippen LogP contribution in [0.5, 0.6) is 23.0 Å². The molecule has 33 heavy (non-hydrogen) atoms. The molecular formula is C24H25N3O6. The summed E-state index contributed by atoms with van der Waals surface area (Å²) in [5.41, 5.74) is 3.28. The average molecular weight is 451 g/mol. The molecule has 0 bridgehead atoms. The fourth-order valence-corrected chi connectivity index (χ4v) is 4.00. The maximum Gasteiger partial charge on any atom is 0.271 e. The van der Waals surface area contributed by atoms with Gasteiger partial charge in [-0.15, -0.1) is 0 Å². The van der Waals surface area contributed by atoms with Crippen LogP contribution in [0, 0.1) is 0 Å². The Bertz CT molecular complexity index is 1180. The lowest BCUT2D eigenvalue weighted by Crippen LogP contribution is -2.26. The molecule has 1 amide bonds. The number of hydrogen-bond donors (Lipinski definition) is 1. The summed E-state index contributed by atoms with van der Waals surface area (Å²) in [6.45, 7) is 1.61. The largest absolute Gasteiger partial charge is 0.493 e. The fourth-order valence-electron chi connectivity index (χ4n) is 4.00. The Morgan fingerprint density at radius 1 is 1.09 bits per heavy atom. The first kappa shape index (κ1) is 21.1. The summed E-state index contributed by atoms with van der Waals surface area (Å²) < 4.78 is 29.3. The number of carbonyl (C=O) groups excluding carboxylic acids is 1. The molecule has 2 aromatic carbocycles. The molecule has 1 atom stereocenters. The highest BCUT2D eigenvalue weighted by atomic mass is 16.7. The number of nitrogens with one attached hydrogen (secondary N) is 1. The van der Waals surface area contributed by atoms with Crippen LogP contribution in [-0.4, -0.2) is 43.2 Å². The van der Waals surface area contributed by atoms with Crippen LogP contribution in [-0.2, 0) is 24.3 Å². The number of nitrogens with zero attached hydrogens (tertiary/aromatic N) is 2. The average Bonchev–Trinajstić information content (AvgIpc) is 3.49. The number of ether oxygens (including phenoxy) is 5. The van der Waals surface area contributed by atoms with Crippen molar-refractivity contribution in [2.24, 2.45) is 0 Å². The Kier molecular flexibility index (Phi) is 5.78. The van der Waals surface area contributed by atoms with Crippen molar-refractivity contribution in [2.45, 2.75) is 25.7 Å². The van der Waals surface area contributed by atoms with Crippen LogP contribution in [0.1, 0.15) is 33.4 Å². The van der Waals surface area contributed by atoms with E-state index in [1.54, 1.807) is 20.3 Å².